The molecule has 0 aromatic carbocycles. The summed E-state index contributed by atoms with van der Waals surface area (Å²) in [5.41, 5.74) is -2.14. The van der Waals surface area contributed by atoms with Gasteiger partial charge in [-0.3, -0.25) is 23.9 Å². The molecule has 4 amide bonds. The molecule has 4 rings (SSSR count). The Balaban J connectivity index is 1.49. The number of aliphatic hydroxyl groups is 1. The first-order valence-corrected chi connectivity index (χ1v) is 14.5. The quantitative estimate of drug-likeness (QED) is 0.283. The summed E-state index contributed by atoms with van der Waals surface area (Å²) >= 11 is 0. The lowest BCUT2D eigenvalue weighted by Gasteiger charge is -2.35. The fraction of sp³-hybridized carbons (Fsp3) is 0.760. The highest BCUT2D eigenvalue weighted by Crippen LogP contribution is 2.45. The number of hydrogen-bond donors (Lipinski definition) is 4. The largest absolute Gasteiger partial charge is 0.391 e. The van der Waals surface area contributed by atoms with Gasteiger partial charge in [0.15, 0.2) is 0 Å². The zero-order valence-corrected chi connectivity index (χ0v) is 22.5. The van der Waals surface area contributed by atoms with Gasteiger partial charge >= 0.3 is 0 Å². The molecule has 0 spiro atoms. The van der Waals surface area contributed by atoms with Gasteiger partial charge in [-0.1, -0.05) is 26.8 Å². The van der Waals surface area contributed by atoms with Crippen molar-refractivity contribution in [3.05, 3.63) is 12.7 Å². The maximum Gasteiger partial charge on any atom is 0.259 e. The number of amides is 4. The number of aliphatic hydroxyl groups excluding tert-OH is 1. The van der Waals surface area contributed by atoms with Crippen molar-refractivity contribution in [3.8, 4) is 0 Å². The molecule has 5 atom stereocenters. The van der Waals surface area contributed by atoms with E-state index in [1.54, 1.807) is 0 Å². The summed E-state index contributed by atoms with van der Waals surface area (Å²) in [5, 5.41) is 15.3. The van der Waals surface area contributed by atoms with Crippen LogP contribution in [-0.4, -0.2) is 77.6 Å². The third-order valence-corrected chi connectivity index (χ3v) is 9.52. The van der Waals surface area contributed by atoms with Crippen molar-refractivity contribution in [2.45, 2.75) is 94.7 Å². The minimum absolute atomic E-state index is 0.0404. The molecular formula is C25H38N4O7S. The Morgan fingerprint density at radius 3 is 2.32 bits per heavy atom. The highest BCUT2D eigenvalue weighted by atomic mass is 32.2. The Kier molecular flexibility index (Phi) is 7.21. The molecule has 3 saturated carbocycles. The van der Waals surface area contributed by atoms with Gasteiger partial charge in [0.1, 0.15) is 17.6 Å². The second-order valence-corrected chi connectivity index (χ2v) is 14.1. The van der Waals surface area contributed by atoms with E-state index >= 15 is 0 Å². The molecule has 0 radical (unpaired) electrons. The van der Waals surface area contributed by atoms with E-state index in [9.17, 15) is 32.7 Å². The topological polar surface area (TPSA) is 162 Å². The first-order chi connectivity index (χ1) is 17.2. The number of hydrogen-bond acceptors (Lipinski definition) is 7. The number of nitrogens with one attached hydrogen (secondary N) is 3. The van der Waals surface area contributed by atoms with Crippen molar-refractivity contribution in [2.24, 2.45) is 17.3 Å². The van der Waals surface area contributed by atoms with E-state index in [4.69, 9.17) is 0 Å². The summed E-state index contributed by atoms with van der Waals surface area (Å²) in [7, 11) is -3.82. The third kappa shape index (κ3) is 6.00. The Morgan fingerprint density at radius 2 is 1.81 bits per heavy atom. The summed E-state index contributed by atoms with van der Waals surface area (Å²) in [6, 6.07) is -1.99. The van der Waals surface area contributed by atoms with E-state index in [-0.39, 0.29) is 25.3 Å². The predicted octanol–water partition coefficient (Wildman–Crippen LogP) is -0.0515. The molecule has 0 unspecified atom stereocenters. The van der Waals surface area contributed by atoms with E-state index in [0.717, 1.165) is 12.8 Å². The molecule has 1 heterocycles. The molecular weight excluding hydrogens is 500 g/mol. The van der Waals surface area contributed by atoms with Crippen molar-refractivity contribution in [3.63, 3.8) is 0 Å². The van der Waals surface area contributed by atoms with Gasteiger partial charge in [0.2, 0.25) is 27.7 Å². The van der Waals surface area contributed by atoms with Gasteiger partial charge in [-0.25, -0.2) is 8.42 Å². The number of rotatable bonds is 10. The second kappa shape index (κ2) is 9.68. The normalized spacial score (nSPS) is 30.3. The van der Waals surface area contributed by atoms with Crippen LogP contribution in [0.3, 0.4) is 0 Å². The molecule has 4 N–H and O–H groups in total. The lowest BCUT2D eigenvalue weighted by Crippen LogP contribution is -2.60. The number of nitrogens with zero attached hydrogens (tertiary/aromatic N) is 1. The molecule has 11 nitrogen and oxygen atoms in total. The third-order valence-electron chi connectivity index (χ3n) is 7.70. The molecule has 0 aromatic heterocycles. The van der Waals surface area contributed by atoms with Gasteiger partial charge in [0.05, 0.1) is 11.4 Å². The molecule has 206 valence electrons. The minimum Gasteiger partial charge on any atom is -0.391 e. The smallest absolute Gasteiger partial charge is 0.259 e. The highest BCUT2D eigenvalue weighted by Gasteiger charge is 2.62. The van der Waals surface area contributed by atoms with E-state index < -0.39 is 68.1 Å². The molecule has 12 heteroatoms. The van der Waals surface area contributed by atoms with Gasteiger partial charge in [-0.15, -0.1) is 6.58 Å². The highest BCUT2D eigenvalue weighted by molar-refractivity contribution is 7.91. The zero-order valence-electron chi connectivity index (χ0n) is 21.7. The van der Waals surface area contributed by atoms with Gasteiger partial charge in [0.25, 0.3) is 5.91 Å². The fourth-order valence-electron chi connectivity index (χ4n) is 4.94. The number of sulfonamides is 1. The van der Waals surface area contributed by atoms with Crippen molar-refractivity contribution in [1.29, 1.82) is 0 Å². The standard InChI is InChI=1S/C25H38N4O7S/c1-5-15-12-25(15,23(34)28-37(35,36)17-8-9-17)27-21(32)18-11-16(30)13-29(18)22(33)20(24(2,3)4)26-19(31)10-14-6-7-14/h5,14-18,20,30H,1,6-13H2,2-4H3,(H,26,31)(H,27,32)(H,28,34)/t15-,16-,18+,20-,25-/m1/s1. The molecule has 4 fully saturated rings. The second-order valence-electron chi connectivity index (χ2n) is 12.1. The van der Waals surface area contributed by atoms with Crippen LogP contribution in [0.5, 0.6) is 0 Å². The Morgan fingerprint density at radius 1 is 1.16 bits per heavy atom. The number of β-amino-alcohol motifs (C(OH)–C–C–N with tert-alkyl or cyclic N) is 1. The Bertz CT molecular complexity index is 1090. The van der Waals surface area contributed by atoms with Crippen molar-refractivity contribution in [2.75, 3.05) is 6.54 Å². The van der Waals surface area contributed by atoms with Crippen LogP contribution < -0.4 is 15.4 Å². The van der Waals surface area contributed by atoms with Crippen LogP contribution in [0.15, 0.2) is 12.7 Å². The Labute approximate surface area is 217 Å². The van der Waals surface area contributed by atoms with Crippen LogP contribution in [0.25, 0.3) is 0 Å². The fourth-order valence-corrected chi connectivity index (χ4v) is 6.31. The first-order valence-electron chi connectivity index (χ1n) is 13.0. The summed E-state index contributed by atoms with van der Waals surface area (Å²) in [5.74, 6) is -2.33. The van der Waals surface area contributed by atoms with Gasteiger partial charge in [-0.2, -0.15) is 0 Å². The molecule has 37 heavy (non-hydrogen) atoms. The molecule has 3 aliphatic carbocycles. The van der Waals surface area contributed by atoms with Crippen LogP contribution in [0.4, 0.5) is 0 Å². The van der Waals surface area contributed by atoms with Crippen LogP contribution in [0.2, 0.25) is 0 Å². The van der Waals surface area contributed by atoms with Gasteiger partial charge in [-0.05, 0) is 43.4 Å². The van der Waals surface area contributed by atoms with Crippen molar-refractivity contribution in [1.82, 2.24) is 20.3 Å². The van der Waals surface area contributed by atoms with Gasteiger partial charge in [0, 0.05) is 25.3 Å². The lowest BCUT2D eigenvalue weighted by molar-refractivity contribution is -0.144. The number of likely N-dealkylation sites (tertiary alicyclic amines) is 1. The van der Waals surface area contributed by atoms with Crippen LogP contribution in [-0.2, 0) is 29.2 Å². The van der Waals surface area contributed by atoms with E-state index in [1.807, 2.05) is 20.8 Å². The minimum atomic E-state index is -3.82. The molecule has 0 bridgehead atoms. The summed E-state index contributed by atoms with van der Waals surface area (Å²) in [6.07, 6.45) is 3.96. The molecule has 4 aliphatic rings. The Hall–Kier alpha value is -2.47. The lowest BCUT2D eigenvalue weighted by atomic mass is 9.85. The van der Waals surface area contributed by atoms with Crippen molar-refractivity contribution < 1.29 is 32.7 Å². The zero-order chi connectivity index (χ0) is 27.3. The van der Waals surface area contributed by atoms with Crippen LogP contribution in [0.1, 0.15) is 65.7 Å². The van der Waals surface area contributed by atoms with Crippen molar-refractivity contribution >= 4 is 33.7 Å². The van der Waals surface area contributed by atoms with E-state index in [0.29, 0.717) is 25.2 Å². The van der Waals surface area contributed by atoms with Crippen LogP contribution >= 0.6 is 0 Å². The van der Waals surface area contributed by atoms with Gasteiger partial charge < -0.3 is 20.6 Å². The summed E-state index contributed by atoms with van der Waals surface area (Å²) in [4.78, 5) is 53.9. The average Bonchev–Trinajstić information content (AvgIpc) is 3.66. The number of carbonyl (C=O) groups excluding carboxylic acids is 4. The van der Waals surface area contributed by atoms with Crippen LogP contribution in [0, 0.1) is 17.3 Å². The molecule has 1 aliphatic heterocycles. The maximum atomic E-state index is 13.6. The predicted molar refractivity (Wildman–Crippen MR) is 134 cm³/mol. The number of carbonyl (C=O) groups is 4. The van der Waals surface area contributed by atoms with E-state index in [1.165, 1.54) is 11.0 Å². The molecule has 1 saturated heterocycles. The average molecular weight is 539 g/mol. The van der Waals surface area contributed by atoms with E-state index in [2.05, 4.69) is 21.9 Å². The molecule has 0 aromatic rings. The maximum absolute atomic E-state index is 13.6. The summed E-state index contributed by atoms with van der Waals surface area (Å²) in [6.45, 7) is 9.02. The SMILES string of the molecule is C=C[C@@H]1C[C@]1(NC(=O)[C@@H]1C[C@@H](O)CN1C(=O)[C@@H](NC(=O)CC1CC1)C(C)(C)C)C(=O)NS(=O)(=O)C1CC1. The monoisotopic (exact) mass is 538 g/mol. The summed E-state index contributed by atoms with van der Waals surface area (Å²) < 4.78 is 26.8. The first kappa shape index (κ1) is 27.6.